The molecule has 1 amide bonds. The summed E-state index contributed by atoms with van der Waals surface area (Å²) < 4.78 is 0. The van der Waals surface area contributed by atoms with Crippen LogP contribution in [0.3, 0.4) is 0 Å². The number of carboxylic acid groups (broad SMARTS) is 1. The van der Waals surface area contributed by atoms with E-state index in [0.717, 1.165) is 22.5 Å². The van der Waals surface area contributed by atoms with E-state index in [0.29, 0.717) is 11.6 Å². The zero-order valence-electron chi connectivity index (χ0n) is 15.2. The SMILES string of the molecule is CSc1nc(C)c(CCC(=O)N(CC(=O)O)Cc2ccccc2)c(C)n1. The van der Waals surface area contributed by atoms with Gasteiger partial charge in [-0.2, -0.15) is 0 Å². The van der Waals surface area contributed by atoms with Gasteiger partial charge in [-0.3, -0.25) is 9.59 Å². The molecule has 7 heteroatoms. The summed E-state index contributed by atoms with van der Waals surface area (Å²) in [6.45, 7) is 3.79. The Kier molecular flexibility index (Phi) is 7.15. The fraction of sp³-hybridized carbons (Fsp3) is 0.368. The van der Waals surface area contributed by atoms with Crippen molar-refractivity contribution in [1.82, 2.24) is 14.9 Å². The maximum atomic E-state index is 12.6. The van der Waals surface area contributed by atoms with Crippen molar-refractivity contribution in [3.63, 3.8) is 0 Å². The molecule has 138 valence electrons. The number of benzene rings is 1. The molecule has 0 saturated carbocycles. The van der Waals surface area contributed by atoms with Gasteiger partial charge in [-0.15, -0.1) is 0 Å². The average Bonchev–Trinajstić information content (AvgIpc) is 2.60. The van der Waals surface area contributed by atoms with Gasteiger partial charge in [0.2, 0.25) is 5.91 Å². The van der Waals surface area contributed by atoms with Crippen molar-refractivity contribution in [1.29, 1.82) is 0 Å². The fourth-order valence-electron chi connectivity index (χ4n) is 2.75. The first kappa shape index (κ1) is 19.9. The third kappa shape index (κ3) is 5.56. The molecule has 1 heterocycles. The van der Waals surface area contributed by atoms with Crippen LogP contribution in [0, 0.1) is 13.8 Å². The minimum Gasteiger partial charge on any atom is -0.480 e. The molecule has 1 aromatic heterocycles. The highest BCUT2D eigenvalue weighted by atomic mass is 32.2. The lowest BCUT2D eigenvalue weighted by atomic mass is 10.1. The fourth-order valence-corrected chi connectivity index (χ4v) is 3.21. The first-order valence-electron chi connectivity index (χ1n) is 8.32. The van der Waals surface area contributed by atoms with Gasteiger partial charge >= 0.3 is 5.97 Å². The topological polar surface area (TPSA) is 83.4 Å². The van der Waals surface area contributed by atoms with Crippen molar-refractivity contribution in [3.05, 3.63) is 52.8 Å². The number of rotatable bonds is 8. The van der Waals surface area contributed by atoms with E-state index in [-0.39, 0.29) is 25.4 Å². The molecule has 2 rings (SSSR count). The Balaban J connectivity index is 2.08. The van der Waals surface area contributed by atoms with Gasteiger partial charge in [0.1, 0.15) is 6.54 Å². The molecular formula is C19H23N3O3S. The second-order valence-electron chi connectivity index (χ2n) is 5.99. The number of hydrogen-bond donors (Lipinski definition) is 1. The van der Waals surface area contributed by atoms with E-state index in [1.165, 1.54) is 16.7 Å². The number of carbonyl (C=O) groups excluding carboxylic acids is 1. The standard InChI is InChI=1S/C19H23N3O3S/c1-13-16(14(2)21-19(20-13)26-3)9-10-17(23)22(12-18(24)25)11-15-7-5-4-6-8-15/h4-8H,9-12H2,1-3H3,(H,24,25). The van der Waals surface area contributed by atoms with E-state index in [1.54, 1.807) is 0 Å². The summed E-state index contributed by atoms with van der Waals surface area (Å²) in [5, 5.41) is 9.84. The Morgan fingerprint density at radius 3 is 2.27 bits per heavy atom. The van der Waals surface area contributed by atoms with Crippen LogP contribution in [0.5, 0.6) is 0 Å². The molecule has 0 atom stereocenters. The Hall–Kier alpha value is -2.41. The van der Waals surface area contributed by atoms with Crippen LogP contribution >= 0.6 is 11.8 Å². The summed E-state index contributed by atoms with van der Waals surface area (Å²) in [5.41, 5.74) is 3.58. The first-order valence-corrected chi connectivity index (χ1v) is 9.54. The minimum absolute atomic E-state index is 0.191. The van der Waals surface area contributed by atoms with Crippen LogP contribution in [0.4, 0.5) is 0 Å². The smallest absolute Gasteiger partial charge is 0.323 e. The number of nitrogens with zero attached hydrogens (tertiary/aromatic N) is 3. The predicted octanol–water partition coefficient (Wildman–Crippen LogP) is 2.86. The average molecular weight is 373 g/mol. The number of aliphatic carboxylic acids is 1. The zero-order valence-corrected chi connectivity index (χ0v) is 16.0. The van der Waals surface area contributed by atoms with Crippen LogP contribution in [0.1, 0.15) is 28.9 Å². The lowest BCUT2D eigenvalue weighted by Crippen LogP contribution is -2.35. The molecule has 0 unspecified atom stereocenters. The molecule has 0 aliphatic carbocycles. The molecule has 0 aliphatic heterocycles. The number of aromatic nitrogens is 2. The number of carbonyl (C=O) groups is 2. The number of thioether (sulfide) groups is 1. The molecule has 1 aromatic carbocycles. The van der Waals surface area contributed by atoms with Crippen molar-refractivity contribution in [2.45, 2.75) is 38.4 Å². The van der Waals surface area contributed by atoms with Gasteiger partial charge in [-0.1, -0.05) is 42.1 Å². The van der Waals surface area contributed by atoms with Gasteiger partial charge in [0.15, 0.2) is 5.16 Å². The van der Waals surface area contributed by atoms with Crippen LogP contribution in [-0.4, -0.2) is 44.7 Å². The number of aryl methyl sites for hydroxylation is 2. The van der Waals surface area contributed by atoms with Crippen LogP contribution in [-0.2, 0) is 22.6 Å². The molecule has 26 heavy (non-hydrogen) atoms. The maximum Gasteiger partial charge on any atom is 0.323 e. The van der Waals surface area contributed by atoms with Crippen LogP contribution in [0.15, 0.2) is 35.5 Å². The summed E-state index contributed by atoms with van der Waals surface area (Å²) >= 11 is 1.48. The van der Waals surface area contributed by atoms with Crippen molar-refractivity contribution < 1.29 is 14.7 Å². The van der Waals surface area contributed by atoms with Crippen LogP contribution in [0.2, 0.25) is 0 Å². The van der Waals surface area contributed by atoms with E-state index < -0.39 is 5.97 Å². The second kappa shape index (κ2) is 9.33. The Morgan fingerprint density at radius 1 is 1.12 bits per heavy atom. The normalized spacial score (nSPS) is 10.6. The van der Waals surface area contributed by atoms with E-state index in [1.807, 2.05) is 50.4 Å². The van der Waals surface area contributed by atoms with E-state index in [2.05, 4.69) is 9.97 Å². The Bertz CT molecular complexity index is 758. The summed E-state index contributed by atoms with van der Waals surface area (Å²) in [5.74, 6) is -1.21. The number of hydrogen-bond acceptors (Lipinski definition) is 5. The maximum absolute atomic E-state index is 12.6. The Morgan fingerprint density at radius 2 is 1.73 bits per heavy atom. The predicted molar refractivity (Wildman–Crippen MR) is 101 cm³/mol. The molecule has 0 bridgehead atoms. The number of amides is 1. The van der Waals surface area contributed by atoms with E-state index in [4.69, 9.17) is 5.11 Å². The third-order valence-corrected chi connectivity index (χ3v) is 4.61. The molecule has 1 N–H and O–H groups in total. The van der Waals surface area contributed by atoms with E-state index >= 15 is 0 Å². The first-order chi connectivity index (χ1) is 12.4. The molecule has 6 nitrogen and oxygen atoms in total. The van der Waals surface area contributed by atoms with Crippen molar-refractivity contribution in [3.8, 4) is 0 Å². The van der Waals surface area contributed by atoms with Crippen molar-refractivity contribution in [2.24, 2.45) is 0 Å². The van der Waals surface area contributed by atoms with Gasteiger partial charge < -0.3 is 10.0 Å². The summed E-state index contributed by atoms with van der Waals surface area (Å²) in [6.07, 6.45) is 2.64. The largest absolute Gasteiger partial charge is 0.480 e. The zero-order chi connectivity index (χ0) is 19.1. The van der Waals surface area contributed by atoms with Gasteiger partial charge in [0, 0.05) is 24.4 Å². The van der Waals surface area contributed by atoms with Crippen molar-refractivity contribution in [2.75, 3.05) is 12.8 Å². The highest BCUT2D eigenvalue weighted by Crippen LogP contribution is 2.18. The molecule has 0 spiro atoms. The highest BCUT2D eigenvalue weighted by Gasteiger charge is 2.18. The summed E-state index contributed by atoms with van der Waals surface area (Å²) in [7, 11) is 0. The van der Waals surface area contributed by atoms with Gasteiger partial charge in [0.05, 0.1) is 0 Å². The second-order valence-corrected chi connectivity index (χ2v) is 6.76. The number of carboxylic acids is 1. The minimum atomic E-state index is -1.02. The molecule has 2 aromatic rings. The van der Waals surface area contributed by atoms with Crippen LogP contribution in [0.25, 0.3) is 0 Å². The quantitative estimate of drug-likeness (QED) is 0.566. The molecular weight excluding hydrogens is 350 g/mol. The summed E-state index contributed by atoms with van der Waals surface area (Å²) in [6, 6.07) is 9.39. The Labute approximate surface area is 157 Å². The molecule has 0 fully saturated rings. The van der Waals surface area contributed by atoms with Gasteiger partial charge in [0.25, 0.3) is 0 Å². The summed E-state index contributed by atoms with van der Waals surface area (Å²) in [4.78, 5) is 34.0. The highest BCUT2D eigenvalue weighted by molar-refractivity contribution is 7.98. The van der Waals surface area contributed by atoms with Gasteiger partial charge in [-0.25, -0.2) is 9.97 Å². The van der Waals surface area contributed by atoms with E-state index in [9.17, 15) is 9.59 Å². The molecule has 0 saturated heterocycles. The van der Waals surface area contributed by atoms with Crippen molar-refractivity contribution >= 4 is 23.6 Å². The lowest BCUT2D eigenvalue weighted by molar-refractivity contribution is -0.144. The third-order valence-electron chi connectivity index (χ3n) is 4.07. The monoisotopic (exact) mass is 373 g/mol. The van der Waals surface area contributed by atoms with Gasteiger partial charge in [-0.05, 0) is 37.7 Å². The van der Waals surface area contributed by atoms with Crippen LogP contribution < -0.4 is 0 Å². The molecule has 0 radical (unpaired) electrons. The lowest BCUT2D eigenvalue weighted by Gasteiger charge is -2.21. The molecule has 0 aliphatic rings.